The molecule has 2 rings (SSSR count). The summed E-state index contributed by atoms with van der Waals surface area (Å²) in [6.45, 7) is 4.86. The minimum absolute atomic E-state index is 0. The Morgan fingerprint density at radius 3 is 2.59 bits per heavy atom. The van der Waals surface area contributed by atoms with Gasteiger partial charge in [0.2, 0.25) is 5.03 Å². The summed E-state index contributed by atoms with van der Waals surface area (Å²) in [5, 5.41) is 1.94. The van der Waals surface area contributed by atoms with E-state index in [1.165, 1.54) is 37.4 Å². The third-order valence-electron chi connectivity index (χ3n) is 3.20. The van der Waals surface area contributed by atoms with Crippen molar-refractivity contribution in [3.05, 3.63) is 24.4 Å². The second kappa shape index (κ2) is 7.24. The van der Waals surface area contributed by atoms with E-state index in [1.54, 1.807) is 0 Å². The van der Waals surface area contributed by atoms with E-state index in [4.69, 9.17) is 0 Å². The second-order valence-electron chi connectivity index (χ2n) is 4.46. The van der Waals surface area contributed by atoms with Crippen LogP contribution in [-0.2, 0) is 7.05 Å². The molecule has 2 nitrogen and oxygen atoms in total. The molecule has 1 fully saturated rings. The Balaban J connectivity index is 0.00000144. The van der Waals surface area contributed by atoms with E-state index in [2.05, 4.69) is 47.8 Å². The topological polar surface area (TPSA) is 7.12 Å². The van der Waals surface area contributed by atoms with Gasteiger partial charge in [-0.15, -0.1) is 0 Å². The van der Waals surface area contributed by atoms with Crippen LogP contribution in [0, 0.1) is 0 Å². The highest BCUT2D eigenvalue weighted by Gasteiger charge is 2.20. The normalized spacial score (nSPS) is 18.5. The van der Waals surface area contributed by atoms with Crippen molar-refractivity contribution in [2.45, 2.75) is 36.6 Å². The molecule has 1 atom stereocenters. The molecule has 0 amide bonds. The van der Waals surface area contributed by atoms with Crippen LogP contribution in [0.4, 0.5) is 0 Å². The first-order chi connectivity index (χ1) is 7.77. The summed E-state index contributed by atoms with van der Waals surface area (Å²) in [7, 11) is 2.12. The number of hydrogen-bond acceptors (Lipinski definition) is 2. The smallest absolute Gasteiger partial charge is 0.241 e. The molecule has 17 heavy (non-hydrogen) atoms. The molecule has 0 aromatic carbocycles. The number of aryl methyl sites for hydroxylation is 1. The minimum Gasteiger partial charge on any atom is -1.00 e. The van der Waals surface area contributed by atoms with Crippen molar-refractivity contribution in [2.75, 3.05) is 13.1 Å². The lowest BCUT2D eigenvalue weighted by Crippen LogP contribution is -3.00. The maximum atomic E-state index is 2.60. The van der Waals surface area contributed by atoms with Crippen LogP contribution in [0.5, 0.6) is 0 Å². The van der Waals surface area contributed by atoms with E-state index in [1.807, 2.05) is 11.8 Å². The zero-order valence-corrected chi connectivity index (χ0v) is 12.2. The third-order valence-corrected chi connectivity index (χ3v) is 4.51. The summed E-state index contributed by atoms with van der Waals surface area (Å²) < 4.78 is 2.20. The maximum absolute atomic E-state index is 2.60. The van der Waals surface area contributed by atoms with Gasteiger partial charge in [-0.3, -0.25) is 4.90 Å². The number of hydrogen-bond donors (Lipinski definition) is 0. The molecule has 1 unspecified atom stereocenters. The van der Waals surface area contributed by atoms with Crippen LogP contribution < -0.4 is 17.0 Å². The summed E-state index contributed by atoms with van der Waals surface area (Å²) in [4.78, 5) is 2.60. The summed E-state index contributed by atoms with van der Waals surface area (Å²) in [5.41, 5.74) is 0. The predicted molar refractivity (Wildman–Crippen MR) is 68.4 cm³/mol. The number of rotatable bonds is 3. The van der Waals surface area contributed by atoms with Crippen LogP contribution in [0.3, 0.4) is 0 Å². The lowest BCUT2D eigenvalue weighted by atomic mass is 10.1. The van der Waals surface area contributed by atoms with Gasteiger partial charge in [0.15, 0.2) is 6.20 Å². The zero-order chi connectivity index (χ0) is 11.4. The number of halogens is 1. The Hall–Kier alpha value is -0.250. The van der Waals surface area contributed by atoms with Crippen molar-refractivity contribution in [1.29, 1.82) is 0 Å². The van der Waals surface area contributed by atoms with Crippen LogP contribution >= 0.6 is 11.8 Å². The molecule has 1 aliphatic rings. The standard InChI is InChI=1S/C13H21N2S.ClH/c1-12(15-10-5-3-6-11-15)16-13-8-4-7-9-14(13)2;/h4,7-9,12H,3,5-6,10-11H2,1-2H3;1H/q+1;/p-1. The second-order valence-corrected chi connectivity index (χ2v) is 5.80. The van der Waals surface area contributed by atoms with Gasteiger partial charge >= 0.3 is 0 Å². The molecule has 0 saturated carbocycles. The molecule has 1 saturated heterocycles. The summed E-state index contributed by atoms with van der Waals surface area (Å²) in [6.07, 6.45) is 6.26. The minimum atomic E-state index is 0. The molecule has 2 heterocycles. The largest absolute Gasteiger partial charge is 1.00 e. The Kier molecular flexibility index (Phi) is 6.31. The SMILES string of the molecule is CC(Sc1cccc[n+]1C)N1CCCCC1.[Cl-]. The average Bonchev–Trinajstić information content (AvgIpc) is 2.33. The molecule has 0 radical (unpaired) electrons. The first kappa shape index (κ1) is 14.8. The van der Waals surface area contributed by atoms with E-state index < -0.39 is 0 Å². The van der Waals surface area contributed by atoms with E-state index in [-0.39, 0.29) is 12.4 Å². The van der Waals surface area contributed by atoms with Gasteiger partial charge in [0, 0.05) is 12.1 Å². The fourth-order valence-electron chi connectivity index (χ4n) is 2.16. The van der Waals surface area contributed by atoms with Gasteiger partial charge < -0.3 is 12.4 Å². The van der Waals surface area contributed by atoms with Crippen molar-refractivity contribution in [3.8, 4) is 0 Å². The van der Waals surface area contributed by atoms with Crippen LogP contribution in [0.1, 0.15) is 26.2 Å². The summed E-state index contributed by atoms with van der Waals surface area (Å²) >= 11 is 1.97. The van der Waals surface area contributed by atoms with Crippen LogP contribution in [0.2, 0.25) is 0 Å². The van der Waals surface area contributed by atoms with E-state index in [0.717, 1.165) is 0 Å². The number of likely N-dealkylation sites (tertiary alicyclic amines) is 1. The Bertz CT molecular complexity index is 340. The van der Waals surface area contributed by atoms with Gasteiger partial charge in [-0.2, -0.15) is 4.57 Å². The molecule has 0 bridgehead atoms. The van der Waals surface area contributed by atoms with Gasteiger partial charge in [0.05, 0.1) is 5.37 Å². The van der Waals surface area contributed by atoms with E-state index in [0.29, 0.717) is 5.37 Å². The van der Waals surface area contributed by atoms with Crippen molar-refractivity contribution < 1.29 is 17.0 Å². The predicted octanol–water partition coefficient (Wildman–Crippen LogP) is -0.561. The number of nitrogens with zero attached hydrogens (tertiary/aromatic N) is 2. The first-order valence-electron chi connectivity index (χ1n) is 6.13. The summed E-state index contributed by atoms with van der Waals surface area (Å²) in [6, 6.07) is 6.39. The van der Waals surface area contributed by atoms with E-state index in [9.17, 15) is 0 Å². The van der Waals surface area contributed by atoms with E-state index >= 15 is 0 Å². The third kappa shape index (κ3) is 4.16. The molecule has 0 aliphatic carbocycles. The fourth-order valence-corrected chi connectivity index (χ4v) is 3.26. The maximum Gasteiger partial charge on any atom is 0.241 e. The Morgan fingerprint density at radius 1 is 1.24 bits per heavy atom. The zero-order valence-electron chi connectivity index (χ0n) is 10.6. The molecule has 1 aliphatic heterocycles. The van der Waals surface area contributed by atoms with Gasteiger partial charge in [-0.1, -0.05) is 6.42 Å². The van der Waals surface area contributed by atoms with Crippen molar-refractivity contribution in [2.24, 2.45) is 7.05 Å². The highest BCUT2D eigenvalue weighted by molar-refractivity contribution is 7.99. The van der Waals surface area contributed by atoms with Crippen LogP contribution in [-0.4, -0.2) is 23.4 Å². The molecule has 0 spiro atoms. The lowest BCUT2D eigenvalue weighted by Gasteiger charge is -2.31. The molecule has 1 aromatic heterocycles. The van der Waals surface area contributed by atoms with Gasteiger partial charge in [-0.05, 0) is 50.7 Å². The number of thioether (sulfide) groups is 1. The quantitative estimate of drug-likeness (QED) is 0.538. The van der Waals surface area contributed by atoms with Crippen molar-refractivity contribution in [1.82, 2.24) is 4.90 Å². The van der Waals surface area contributed by atoms with Crippen molar-refractivity contribution in [3.63, 3.8) is 0 Å². The van der Waals surface area contributed by atoms with Gasteiger partial charge in [-0.25, -0.2) is 0 Å². The Morgan fingerprint density at radius 2 is 1.94 bits per heavy atom. The van der Waals surface area contributed by atoms with Crippen molar-refractivity contribution >= 4 is 11.8 Å². The number of pyridine rings is 1. The fraction of sp³-hybridized carbons (Fsp3) is 0.615. The molecule has 96 valence electrons. The van der Waals surface area contributed by atoms with Gasteiger partial charge in [0.25, 0.3) is 0 Å². The average molecular weight is 273 g/mol. The Labute approximate surface area is 115 Å². The number of piperidine rings is 1. The lowest BCUT2D eigenvalue weighted by molar-refractivity contribution is -0.708. The molecule has 0 N–H and O–H groups in total. The van der Waals surface area contributed by atoms with Crippen LogP contribution in [0.15, 0.2) is 29.4 Å². The highest BCUT2D eigenvalue weighted by Crippen LogP contribution is 2.24. The monoisotopic (exact) mass is 272 g/mol. The van der Waals surface area contributed by atoms with Crippen LogP contribution in [0.25, 0.3) is 0 Å². The molecular weight excluding hydrogens is 252 g/mol. The highest BCUT2D eigenvalue weighted by atomic mass is 35.5. The van der Waals surface area contributed by atoms with Gasteiger partial charge in [0.1, 0.15) is 7.05 Å². The molecular formula is C13H21ClN2S. The molecule has 4 heteroatoms. The molecule has 1 aromatic rings. The number of aromatic nitrogens is 1. The summed E-state index contributed by atoms with van der Waals surface area (Å²) in [5.74, 6) is 0. The first-order valence-corrected chi connectivity index (χ1v) is 7.01.